The molecule has 0 aliphatic rings. The van der Waals surface area contributed by atoms with Crippen LogP contribution < -0.4 is 5.43 Å². The predicted molar refractivity (Wildman–Crippen MR) is 93.8 cm³/mol. The number of hydrazone groups is 1. The maximum absolute atomic E-state index is 12.8. The van der Waals surface area contributed by atoms with Crippen molar-refractivity contribution in [3.05, 3.63) is 77.6 Å². The second-order valence-electron chi connectivity index (χ2n) is 5.53. The van der Waals surface area contributed by atoms with Crippen LogP contribution in [-0.2, 0) is 6.18 Å². The van der Waals surface area contributed by atoms with Crippen molar-refractivity contribution in [3.63, 3.8) is 0 Å². The molecule has 138 valence electrons. The number of nitrogens with zero attached hydrogens (tertiary/aromatic N) is 1. The zero-order valence-electron chi connectivity index (χ0n) is 13.7. The van der Waals surface area contributed by atoms with Crippen molar-refractivity contribution in [2.24, 2.45) is 5.10 Å². The molecule has 8 heteroatoms. The SMILES string of the molecule is O=C(O)c1ccc(N/N=C\c2ccc(-c3cccc(C(F)(F)F)c3)o2)cc1. The number of benzene rings is 2. The van der Waals surface area contributed by atoms with Crippen LogP contribution in [-0.4, -0.2) is 17.3 Å². The molecule has 0 radical (unpaired) electrons. The van der Waals surface area contributed by atoms with E-state index in [0.717, 1.165) is 12.1 Å². The highest BCUT2D eigenvalue weighted by molar-refractivity contribution is 5.88. The molecule has 0 saturated carbocycles. The first kappa shape index (κ1) is 18.2. The molecule has 0 bridgehead atoms. The van der Waals surface area contributed by atoms with Crippen molar-refractivity contribution >= 4 is 17.9 Å². The van der Waals surface area contributed by atoms with Crippen molar-refractivity contribution in [2.45, 2.75) is 6.18 Å². The number of hydrogen-bond donors (Lipinski definition) is 2. The fourth-order valence-electron chi connectivity index (χ4n) is 2.28. The van der Waals surface area contributed by atoms with Gasteiger partial charge in [0.1, 0.15) is 11.5 Å². The van der Waals surface area contributed by atoms with Crippen LogP contribution in [0.15, 0.2) is 70.2 Å². The van der Waals surface area contributed by atoms with E-state index in [9.17, 15) is 18.0 Å². The zero-order valence-corrected chi connectivity index (χ0v) is 13.7. The van der Waals surface area contributed by atoms with Gasteiger partial charge in [-0.25, -0.2) is 4.79 Å². The van der Waals surface area contributed by atoms with Crippen LogP contribution >= 0.6 is 0 Å². The highest BCUT2D eigenvalue weighted by atomic mass is 19.4. The quantitative estimate of drug-likeness (QED) is 0.481. The van der Waals surface area contributed by atoms with Crippen LogP contribution in [0.1, 0.15) is 21.7 Å². The minimum absolute atomic E-state index is 0.154. The van der Waals surface area contributed by atoms with E-state index in [0.29, 0.717) is 17.0 Å². The number of carbonyl (C=O) groups is 1. The van der Waals surface area contributed by atoms with E-state index in [4.69, 9.17) is 9.52 Å². The van der Waals surface area contributed by atoms with Gasteiger partial charge < -0.3 is 9.52 Å². The lowest BCUT2D eigenvalue weighted by Crippen LogP contribution is -2.04. The molecule has 1 heterocycles. The Kier molecular flexibility index (Phi) is 4.98. The van der Waals surface area contributed by atoms with Gasteiger partial charge in [0.15, 0.2) is 0 Å². The minimum Gasteiger partial charge on any atom is -0.478 e. The first-order valence-corrected chi connectivity index (χ1v) is 7.73. The normalized spacial score (nSPS) is 11.7. The fourth-order valence-corrected chi connectivity index (χ4v) is 2.28. The standard InChI is InChI=1S/C19H13F3N2O3/c20-19(21,22)14-3-1-2-13(10-14)17-9-8-16(27-17)11-23-24-15-6-4-12(5-7-15)18(25)26/h1-11,24H,(H,25,26)/b23-11-. The number of anilines is 1. The second kappa shape index (κ2) is 7.36. The van der Waals surface area contributed by atoms with E-state index in [2.05, 4.69) is 10.5 Å². The molecule has 0 saturated heterocycles. The summed E-state index contributed by atoms with van der Waals surface area (Å²) < 4.78 is 43.9. The molecule has 0 fully saturated rings. The Hall–Kier alpha value is -3.55. The third kappa shape index (κ3) is 4.55. The van der Waals surface area contributed by atoms with Gasteiger partial charge >= 0.3 is 12.1 Å². The van der Waals surface area contributed by atoms with Crippen LogP contribution in [0.3, 0.4) is 0 Å². The van der Waals surface area contributed by atoms with Crippen molar-refractivity contribution < 1.29 is 27.5 Å². The molecule has 3 aromatic rings. The maximum atomic E-state index is 12.8. The van der Waals surface area contributed by atoms with E-state index in [1.807, 2.05) is 0 Å². The monoisotopic (exact) mass is 374 g/mol. The number of hydrogen-bond acceptors (Lipinski definition) is 4. The third-order valence-corrected chi connectivity index (χ3v) is 3.62. The summed E-state index contributed by atoms with van der Waals surface area (Å²) in [4.78, 5) is 10.8. The lowest BCUT2D eigenvalue weighted by atomic mass is 10.1. The van der Waals surface area contributed by atoms with E-state index >= 15 is 0 Å². The Morgan fingerprint density at radius 3 is 2.48 bits per heavy atom. The smallest absolute Gasteiger partial charge is 0.416 e. The fraction of sp³-hybridized carbons (Fsp3) is 0.0526. The lowest BCUT2D eigenvalue weighted by Gasteiger charge is -2.07. The highest BCUT2D eigenvalue weighted by Gasteiger charge is 2.30. The maximum Gasteiger partial charge on any atom is 0.416 e. The summed E-state index contributed by atoms with van der Waals surface area (Å²) in [5.41, 5.74) is 2.98. The van der Waals surface area contributed by atoms with Gasteiger partial charge in [-0.05, 0) is 48.5 Å². The molecule has 3 rings (SSSR count). The summed E-state index contributed by atoms with van der Waals surface area (Å²) in [5, 5.41) is 12.8. The molecule has 2 N–H and O–H groups in total. The molecule has 0 unspecified atom stereocenters. The molecule has 27 heavy (non-hydrogen) atoms. The Balaban J connectivity index is 1.69. The molecule has 0 amide bonds. The molecule has 1 aromatic heterocycles. The first-order valence-electron chi connectivity index (χ1n) is 7.73. The number of furan rings is 1. The number of aromatic carboxylic acids is 1. The van der Waals surface area contributed by atoms with Gasteiger partial charge in [-0.3, -0.25) is 5.43 Å². The van der Waals surface area contributed by atoms with Crippen LogP contribution in [0.5, 0.6) is 0 Å². The van der Waals surface area contributed by atoms with Crippen LogP contribution in [0.25, 0.3) is 11.3 Å². The second-order valence-corrected chi connectivity index (χ2v) is 5.53. The van der Waals surface area contributed by atoms with Gasteiger partial charge in [0, 0.05) is 5.56 Å². The van der Waals surface area contributed by atoms with E-state index in [1.165, 1.54) is 30.5 Å². The molecular weight excluding hydrogens is 361 g/mol. The van der Waals surface area contributed by atoms with Crippen molar-refractivity contribution in [1.82, 2.24) is 0 Å². The molecule has 5 nitrogen and oxygen atoms in total. The van der Waals surface area contributed by atoms with E-state index < -0.39 is 17.7 Å². The average Bonchev–Trinajstić information content (AvgIpc) is 3.10. The third-order valence-electron chi connectivity index (χ3n) is 3.62. The number of carboxylic acids is 1. The van der Waals surface area contributed by atoms with Gasteiger partial charge in [-0.1, -0.05) is 12.1 Å². The molecule has 0 aliphatic heterocycles. The van der Waals surface area contributed by atoms with Gasteiger partial charge in [0.2, 0.25) is 0 Å². The Bertz CT molecular complexity index is 976. The molecule has 0 spiro atoms. The van der Waals surface area contributed by atoms with Gasteiger partial charge in [0.05, 0.1) is 23.0 Å². The zero-order chi connectivity index (χ0) is 19.4. The van der Waals surface area contributed by atoms with Crippen LogP contribution in [0.2, 0.25) is 0 Å². The Morgan fingerprint density at radius 2 is 1.81 bits per heavy atom. The van der Waals surface area contributed by atoms with Crippen molar-refractivity contribution in [3.8, 4) is 11.3 Å². The summed E-state index contributed by atoms with van der Waals surface area (Å²) in [6, 6.07) is 13.9. The first-order chi connectivity index (χ1) is 12.8. The van der Waals surface area contributed by atoms with Gasteiger partial charge in [0.25, 0.3) is 0 Å². The topological polar surface area (TPSA) is 74.8 Å². The predicted octanol–water partition coefficient (Wildman–Crippen LogP) is 5.11. The van der Waals surface area contributed by atoms with E-state index in [1.54, 1.807) is 24.3 Å². The molecule has 0 atom stereocenters. The lowest BCUT2D eigenvalue weighted by molar-refractivity contribution is -0.137. The Morgan fingerprint density at radius 1 is 1.07 bits per heavy atom. The molecule has 2 aromatic carbocycles. The van der Waals surface area contributed by atoms with Gasteiger partial charge in [-0.15, -0.1) is 0 Å². The van der Waals surface area contributed by atoms with Gasteiger partial charge in [-0.2, -0.15) is 18.3 Å². The highest BCUT2D eigenvalue weighted by Crippen LogP contribution is 2.32. The summed E-state index contributed by atoms with van der Waals surface area (Å²) in [7, 11) is 0. The summed E-state index contributed by atoms with van der Waals surface area (Å²) in [6.45, 7) is 0. The number of alkyl halides is 3. The average molecular weight is 374 g/mol. The number of halogens is 3. The number of carboxylic acid groups (broad SMARTS) is 1. The van der Waals surface area contributed by atoms with Crippen LogP contribution in [0.4, 0.5) is 18.9 Å². The summed E-state index contributed by atoms with van der Waals surface area (Å²) in [5.74, 6) is -0.395. The molecule has 0 aliphatic carbocycles. The van der Waals surface area contributed by atoms with Crippen molar-refractivity contribution in [1.29, 1.82) is 0 Å². The Labute approximate surface area is 151 Å². The van der Waals surface area contributed by atoms with Crippen LogP contribution in [0, 0.1) is 0 Å². The summed E-state index contributed by atoms with van der Waals surface area (Å²) >= 11 is 0. The van der Waals surface area contributed by atoms with E-state index in [-0.39, 0.29) is 11.3 Å². The number of rotatable bonds is 5. The largest absolute Gasteiger partial charge is 0.478 e. The number of nitrogens with one attached hydrogen (secondary N) is 1. The minimum atomic E-state index is -4.42. The summed E-state index contributed by atoms with van der Waals surface area (Å²) in [6.07, 6.45) is -3.06. The molecular formula is C19H13F3N2O3. The van der Waals surface area contributed by atoms with Crippen molar-refractivity contribution in [2.75, 3.05) is 5.43 Å².